The zero-order chi connectivity index (χ0) is 11.3. The maximum absolute atomic E-state index is 5.94. The second-order valence-corrected chi connectivity index (χ2v) is 3.98. The fourth-order valence-electron chi connectivity index (χ4n) is 1.70. The molecule has 0 spiro atoms. The van der Waals surface area contributed by atoms with E-state index in [4.69, 9.17) is 5.73 Å². The summed E-state index contributed by atoms with van der Waals surface area (Å²) in [5.74, 6) is 1.18. The van der Waals surface area contributed by atoms with E-state index in [1.807, 2.05) is 14.0 Å². The molecule has 88 valence electrons. The van der Waals surface area contributed by atoms with Crippen LogP contribution in [0.3, 0.4) is 0 Å². The molecule has 1 heterocycles. The standard InChI is InChI=1S/C10H23N5/c1-8(11)9-6-13-7-15(3)10(9)14-5-4-12-2/h8,12-14H,4-7,11H2,1-3H3. The lowest BCUT2D eigenvalue weighted by molar-refractivity contribution is 0.322. The first kappa shape index (κ1) is 12.3. The average Bonchev–Trinajstić information content (AvgIpc) is 2.20. The van der Waals surface area contributed by atoms with Gasteiger partial charge in [0.1, 0.15) is 5.82 Å². The van der Waals surface area contributed by atoms with Crippen molar-refractivity contribution in [3.05, 3.63) is 11.4 Å². The van der Waals surface area contributed by atoms with Crippen LogP contribution in [0.2, 0.25) is 0 Å². The number of nitrogens with two attached hydrogens (primary N) is 1. The SMILES string of the molecule is CNCCNC1=C(C(C)N)CNCN1C. The number of nitrogens with one attached hydrogen (secondary N) is 3. The van der Waals surface area contributed by atoms with Gasteiger partial charge in [-0.25, -0.2) is 0 Å². The summed E-state index contributed by atoms with van der Waals surface area (Å²) in [6.45, 7) is 5.65. The number of hydrogen-bond donors (Lipinski definition) is 4. The van der Waals surface area contributed by atoms with Crippen molar-refractivity contribution in [3.63, 3.8) is 0 Å². The summed E-state index contributed by atoms with van der Waals surface area (Å²) >= 11 is 0. The van der Waals surface area contributed by atoms with Crippen LogP contribution in [0.15, 0.2) is 11.4 Å². The summed E-state index contributed by atoms with van der Waals surface area (Å²) in [5, 5.41) is 9.86. The van der Waals surface area contributed by atoms with E-state index in [1.54, 1.807) is 0 Å². The van der Waals surface area contributed by atoms with Gasteiger partial charge in [-0.1, -0.05) is 0 Å². The molecule has 0 aromatic carbocycles. The summed E-state index contributed by atoms with van der Waals surface area (Å²) in [6.07, 6.45) is 0. The fraction of sp³-hybridized carbons (Fsp3) is 0.800. The van der Waals surface area contributed by atoms with Crippen molar-refractivity contribution < 1.29 is 0 Å². The minimum Gasteiger partial charge on any atom is -0.370 e. The minimum atomic E-state index is 0.0948. The Balaban J connectivity index is 2.65. The molecule has 5 N–H and O–H groups in total. The molecule has 1 unspecified atom stereocenters. The summed E-state index contributed by atoms with van der Waals surface area (Å²) in [4.78, 5) is 2.16. The lowest BCUT2D eigenvalue weighted by Gasteiger charge is -2.33. The van der Waals surface area contributed by atoms with E-state index in [0.717, 1.165) is 26.3 Å². The lowest BCUT2D eigenvalue weighted by Crippen LogP contribution is -2.47. The molecule has 0 aromatic rings. The van der Waals surface area contributed by atoms with E-state index in [0.29, 0.717) is 0 Å². The zero-order valence-electron chi connectivity index (χ0n) is 9.93. The van der Waals surface area contributed by atoms with Crippen molar-refractivity contribution in [2.75, 3.05) is 40.4 Å². The first-order chi connectivity index (χ1) is 7.16. The van der Waals surface area contributed by atoms with Gasteiger partial charge in [-0.2, -0.15) is 0 Å². The molecule has 0 bridgehead atoms. The van der Waals surface area contributed by atoms with E-state index < -0.39 is 0 Å². The highest BCUT2D eigenvalue weighted by Crippen LogP contribution is 2.11. The first-order valence-corrected chi connectivity index (χ1v) is 5.45. The molecule has 5 heteroatoms. The van der Waals surface area contributed by atoms with Gasteiger partial charge >= 0.3 is 0 Å². The highest BCUT2D eigenvalue weighted by Gasteiger charge is 2.18. The largest absolute Gasteiger partial charge is 0.370 e. The van der Waals surface area contributed by atoms with E-state index >= 15 is 0 Å². The van der Waals surface area contributed by atoms with Crippen LogP contribution >= 0.6 is 0 Å². The molecule has 1 atom stereocenters. The summed E-state index contributed by atoms with van der Waals surface area (Å²) in [5.41, 5.74) is 7.19. The molecule has 0 fully saturated rings. The van der Waals surface area contributed by atoms with Gasteiger partial charge in [0.2, 0.25) is 0 Å². The van der Waals surface area contributed by atoms with E-state index in [9.17, 15) is 0 Å². The van der Waals surface area contributed by atoms with Gasteiger partial charge in [0.15, 0.2) is 0 Å². The van der Waals surface area contributed by atoms with Crippen LogP contribution in [0.4, 0.5) is 0 Å². The molecular formula is C10H23N5. The molecule has 0 amide bonds. The monoisotopic (exact) mass is 213 g/mol. The van der Waals surface area contributed by atoms with E-state index in [-0.39, 0.29) is 6.04 Å². The molecular weight excluding hydrogens is 190 g/mol. The Bertz CT molecular complexity index is 224. The number of likely N-dealkylation sites (N-methyl/N-ethyl adjacent to an activating group) is 1. The Morgan fingerprint density at radius 1 is 1.53 bits per heavy atom. The Hall–Kier alpha value is -0.780. The van der Waals surface area contributed by atoms with Crippen LogP contribution in [0.25, 0.3) is 0 Å². The van der Waals surface area contributed by atoms with Crippen LogP contribution in [-0.4, -0.2) is 51.3 Å². The molecule has 5 nitrogen and oxygen atoms in total. The Labute approximate surface area is 92.1 Å². The second-order valence-electron chi connectivity index (χ2n) is 3.98. The Morgan fingerprint density at radius 3 is 2.87 bits per heavy atom. The third-order valence-corrected chi connectivity index (χ3v) is 2.57. The highest BCUT2D eigenvalue weighted by atomic mass is 15.3. The van der Waals surface area contributed by atoms with Crippen molar-refractivity contribution in [1.29, 1.82) is 0 Å². The molecule has 1 aliphatic heterocycles. The summed E-state index contributed by atoms with van der Waals surface area (Å²) in [6, 6.07) is 0.0948. The van der Waals surface area contributed by atoms with Gasteiger partial charge in [-0.3, -0.25) is 5.32 Å². The van der Waals surface area contributed by atoms with Crippen molar-refractivity contribution in [2.45, 2.75) is 13.0 Å². The van der Waals surface area contributed by atoms with E-state index in [2.05, 4.69) is 27.9 Å². The van der Waals surface area contributed by atoms with Crippen molar-refractivity contribution in [2.24, 2.45) is 5.73 Å². The number of hydrogen-bond acceptors (Lipinski definition) is 5. The van der Waals surface area contributed by atoms with Gasteiger partial charge < -0.3 is 21.3 Å². The Kier molecular flexibility index (Phi) is 4.87. The molecule has 1 aliphatic rings. The highest BCUT2D eigenvalue weighted by molar-refractivity contribution is 5.20. The molecule has 0 radical (unpaired) electrons. The smallest absolute Gasteiger partial charge is 0.104 e. The number of rotatable bonds is 5. The van der Waals surface area contributed by atoms with Gasteiger partial charge in [0.25, 0.3) is 0 Å². The van der Waals surface area contributed by atoms with Crippen molar-refractivity contribution in [1.82, 2.24) is 20.9 Å². The van der Waals surface area contributed by atoms with Crippen LogP contribution in [0.1, 0.15) is 6.92 Å². The van der Waals surface area contributed by atoms with Gasteiger partial charge in [0.05, 0.1) is 6.67 Å². The molecule has 0 saturated carbocycles. The molecule has 0 aromatic heterocycles. The molecule has 15 heavy (non-hydrogen) atoms. The maximum atomic E-state index is 5.94. The summed E-state index contributed by atoms with van der Waals surface area (Å²) < 4.78 is 0. The normalized spacial score (nSPS) is 19.3. The van der Waals surface area contributed by atoms with Gasteiger partial charge in [0, 0.05) is 38.3 Å². The second kappa shape index (κ2) is 5.95. The van der Waals surface area contributed by atoms with E-state index in [1.165, 1.54) is 11.4 Å². The van der Waals surface area contributed by atoms with Crippen LogP contribution in [0.5, 0.6) is 0 Å². The average molecular weight is 213 g/mol. The third kappa shape index (κ3) is 3.37. The van der Waals surface area contributed by atoms with Crippen LogP contribution in [-0.2, 0) is 0 Å². The third-order valence-electron chi connectivity index (χ3n) is 2.57. The number of nitrogens with zero attached hydrogens (tertiary/aromatic N) is 1. The van der Waals surface area contributed by atoms with Gasteiger partial charge in [-0.15, -0.1) is 0 Å². The predicted octanol–water partition coefficient (Wildman–Crippen LogP) is -1.15. The first-order valence-electron chi connectivity index (χ1n) is 5.45. The minimum absolute atomic E-state index is 0.0948. The van der Waals surface area contributed by atoms with Gasteiger partial charge in [-0.05, 0) is 14.0 Å². The summed E-state index contributed by atoms with van der Waals surface area (Å²) in [7, 11) is 4.02. The molecule has 1 rings (SSSR count). The Morgan fingerprint density at radius 2 is 2.27 bits per heavy atom. The van der Waals surface area contributed by atoms with Crippen LogP contribution < -0.4 is 21.7 Å². The van der Waals surface area contributed by atoms with Crippen molar-refractivity contribution >= 4 is 0 Å². The zero-order valence-corrected chi connectivity index (χ0v) is 9.93. The quantitative estimate of drug-likeness (QED) is 0.434. The fourth-order valence-corrected chi connectivity index (χ4v) is 1.70. The van der Waals surface area contributed by atoms with Crippen LogP contribution in [0, 0.1) is 0 Å². The molecule has 0 aliphatic carbocycles. The molecule has 0 saturated heterocycles. The lowest BCUT2D eigenvalue weighted by atomic mass is 10.1. The topological polar surface area (TPSA) is 65.3 Å². The van der Waals surface area contributed by atoms with Crippen molar-refractivity contribution in [3.8, 4) is 0 Å². The maximum Gasteiger partial charge on any atom is 0.104 e. The predicted molar refractivity (Wildman–Crippen MR) is 63.2 cm³/mol.